The highest BCUT2D eigenvalue weighted by atomic mass is 35.5. The van der Waals surface area contributed by atoms with Crippen LogP contribution in [0.15, 0.2) is 53.1 Å². The van der Waals surface area contributed by atoms with Crippen LogP contribution in [0.25, 0.3) is 11.4 Å². The van der Waals surface area contributed by atoms with E-state index in [0.717, 1.165) is 17.7 Å². The summed E-state index contributed by atoms with van der Waals surface area (Å²) in [6.45, 7) is 4.36. The Morgan fingerprint density at radius 2 is 1.89 bits per heavy atom. The summed E-state index contributed by atoms with van der Waals surface area (Å²) in [6.07, 6.45) is 1.09. The number of carbonyl (C=O) groups excluding carboxylic acids is 1. The molecule has 1 aromatic heterocycles. The monoisotopic (exact) mass is 415 g/mol. The van der Waals surface area contributed by atoms with Crippen molar-refractivity contribution in [1.29, 1.82) is 0 Å². The van der Waals surface area contributed by atoms with Crippen LogP contribution in [-0.2, 0) is 10.5 Å². The molecule has 146 valence electrons. The number of hydrogen-bond donors (Lipinski definition) is 1. The molecule has 1 unspecified atom stereocenters. The lowest BCUT2D eigenvalue weighted by Gasteiger charge is -2.10. The number of nitrogens with zero attached hydrogens (tertiary/aromatic N) is 2. The van der Waals surface area contributed by atoms with E-state index in [1.807, 2.05) is 24.3 Å². The molecule has 0 aliphatic rings. The minimum Gasteiger partial charge on any atom is -0.338 e. The molecule has 0 radical (unpaired) electrons. The number of nitrogens with one attached hydrogen (secondary N) is 1. The molecule has 3 aromatic rings. The van der Waals surface area contributed by atoms with Crippen LogP contribution in [0.3, 0.4) is 0 Å². The maximum Gasteiger partial charge on any atom is 0.236 e. The summed E-state index contributed by atoms with van der Waals surface area (Å²) in [4.78, 5) is 16.5. The zero-order chi connectivity index (χ0) is 19.9. The van der Waals surface area contributed by atoms with E-state index in [4.69, 9.17) is 16.1 Å². The van der Waals surface area contributed by atoms with Gasteiger partial charge in [-0.15, -0.1) is 11.8 Å². The average molecular weight is 416 g/mol. The quantitative estimate of drug-likeness (QED) is 0.505. The van der Waals surface area contributed by atoms with Gasteiger partial charge in [0.15, 0.2) is 0 Å². The summed E-state index contributed by atoms with van der Waals surface area (Å²) in [5, 5.41) is 7.53. The van der Waals surface area contributed by atoms with E-state index >= 15 is 0 Å². The van der Waals surface area contributed by atoms with Gasteiger partial charge in [0, 0.05) is 16.3 Å². The molecular weight excluding hydrogens is 394 g/mol. The van der Waals surface area contributed by atoms with Crippen LogP contribution in [0.4, 0.5) is 5.69 Å². The number of aromatic nitrogens is 2. The summed E-state index contributed by atoms with van der Waals surface area (Å²) < 4.78 is 5.25. The van der Waals surface area contributed by atoms with Gasteiger partial charge in [-0.1, -0.05) is 42.7 Å². The zero-order valence-electron chi connectivity index (χ0n) is 15.8. The number of thioether (sulfide) groups is 1. The van der Waals surface area contributed by atoms with Gasteiger partial charge < -0.3 is 9.84 Å². The Hall–Kier alpha value is -2.31. The molecule has 5 nitrogen and oxygen atoms in total. The summed E-state index contributed by atoms with van der Waals surface area (Å²) in [6, 6.07) is 15.2. The predicted octanol–water partition coefficient (Wildman–Crippen LogP) is 5.78. The lowest BCUT2D eigenvalue weighted by atomic mass is 9.99. The maximum atomic E-state index is 12.1. The zero-order valence-corrected chi connectivity index (χ0v) is 17.4. The van der Waals surface area contributed by atoms with Gasteiger partial charge in [-0.05, 0) is 54.3 Å². The highest BCUT2D eigenvalue weighted by Gasteiger charge is 2.10. The highest BCUT2D eigenvalue weighted by Crippen LogP contribution is 2.22. The van der Waals surface area contributed by atoms with E-state index in [1.165, 1.54) is 17.3 Å². The molecule has 0 spiro atoms. The number of anilines is 1. The Kier molecular flexibility index (Phi) is 7.12. The van der Waals surface area contributed by atoms with Crippen molar-refractivity contribution in [3.05, 3.63) is 65.0 Å². The fraction of sp³-hybridized carbons (Fsp3) is 0.286. The van der Waals surface area contributed by atoms with Crippen LogP contribution in [0.1, 0.15) is 37.6 Å². The van der Waals surface area contributed by atoms with E-state index in [9.17, 15) is 4.79 Å². The lowest BCUT2D eigenvalue weighted by molar-refractivity contribution is -0.113. The van der Waals surface area contributed by atoms with Crippen LogP contribution in [0.2, 0.25) is 5.02 Å². The molecule has 7 heteroatoms. The lowest BCUT2D eigenvalue weighted by Crippen LogP contribution is -2.14. The molecule has 0 aliphatic carbocycles. The third-order valence-electron chi connectivity index (χ3n) is 4.41. The first-order valence-corrected chi connectivity index (χ1v) is 10.6. The van der Waals surface area contributed by atoms with Gasteiger partial charge >= 0.3 is 0 Å². The van der Waals surface area contributed by atoms with Gasteiger partial charge in [0.05, 0.1) is 11.5 Å². The van der Waals surface area contributed by atoms with Crippen molar-refractivity contribution in [2.75, 3.05) is 11.1 Å². The predicted molar refractivity (Wildman–Crippen MR) is 115 cm³/mol. The highest BCUT2D eigenvalue weighted by molar-refractivity contribution is 7.99. The number of rotatable bonds is 8. The number of halogens is 1. The van der Waals surface area contributed by atoms with Crippen molar-refractivity contribution >= 4 is 35.0 Å². The van der Waals surface area contributed by atoms with Crippen LogP contribution in [-0.4, -0.2) is 21.8 Å². The Bertz CT molecular complexity index is 910. The molecule has 0 aliphatic heterocycles. The summed E-state index contributed by atoms with van der Waals surface area (Å²) in [7, 11) is 0. The van der Waals surface area contributed by atoms with Gasteiger partial charge in [0.1, 0.15) is 0 Å². The molecule has 3 rings (SSSR count). The Labute approximate surface area is 173 Å². The standard InChI is InChI=1S/C21H22ClN3O2S/c1-3-14(2)15-6-10-18(11-7-15)23-19(26)12-28-13-20-24-21(25-27-20)16-4-8-17(22)9-5-16/h4-11,14H,3,12-13H2,1-2H3,(H,23,26). The molecule has 1 heterocycles. The molecule has 2 aromatic carbocycles. The fourth-order valence-electron chi connectivity index (χ4n) is 2.59. The third kappa shape index (κ3) is 5.59. The first-order valence-electron chi connectivity index (χ1n) is 9.11. The van der Waals surface area contributed by atoms with Gasteiger partial charge in [-0.2, -0.15) is 4.98 Å². The summed E-state index contributed by atoms with van der Waals surface area (Å²) >= 11 is 7.31. The van der Waals surface area contributed by atoms with E-state index in [2.05, 4.69) is 41.4 Å². The first kappa shape index (κ1) is 20.4. The van der Waals surface area contributed by atoms with Crippen molar-refractivity contribution in [1.82, 2.24) is 10.1 Å². The molecule has 1 atom stereocenters. The van der Waals surface area contributed by atoms with Crippen molar-refractivity contribution in [2.24, 2.45) is 0 Å². The van der Waals surface area contributed by atoms with Gasteiger partial charge in [-0.25, -0.2) is 0 Å². The fourth-order valence-corrected chi connectivity index (χ4v) is 3.37. The van der Waals surface area contributed by atoms with Crippen molar-refractivity contribution in [3.8, 4) is 11.4 Å². The Morgan fingerprint density at radius 3 is 2.57 bits per heavy atom. The minimum atomic E-state index is -0.0567. The SMILES string of the molecule is CCC(C)c1ccc(NC(=O)CSCc2nc(-c3ccc(Cl)cc3)no2)cc1. The largest absolute Gasteiger partial charge is 0.338 e. The normalized spacial score (nSPS) is 12.0. The van der Waals surface area contributed by atoms with E-state index < -0.39 is 0 Å². The smallest absolute Gasteiger partial charge is 0.236 e. The number of hydrogen-bond acceptors (Lipinski definition) is 5. The second-order valence-electron chi connectivity index (χ2n) is 6.49. The maximum absolute atomic E-state index is 12.1. The molecule has 0 saturated carbocycles. The van der Waals surface area contributed by atoms with Crippen LogP contribution in [0.5, 0.6) is 0 Å². The van der Waals surface area contributed by atoms with Crippen LogP contribution in [0, 0.1) is 0 Å². The Morgan fingerprint density at radius 1 is 1.18 bits per heavy atom. The third-order valence-corrected chi connectivity index (χ3v) is 5.57. The number of carbonyl (C=O) groups is 1. The molecule has 1 N–H and O–H groups in total. The van der Waals surface area contributed by atoms with E-state index in [-0.39, 0.29) is 5.91 Å². The van der Waals surface area contributed by atoms with Crippen molar-refractivity contribution < 1.29 is 9.32 Å². The van der Waals surface area contributed by atoms with E-state index in [1.54, 1.807) is 12.1 Å². The van der Waals surface area contributed by atoms with Crippen molar-refractivity contribution in [3.63, 3.8) is 0 Å². The first-order chi connectivity index (χ1) is 13.5. The second-order valence-corrected chi connectivity index (χ2v) is 7.91. The Balaban J connectivity index is 1.46. The minimum absolute atomic E-state index is 0.0567. The molecule has 0 bridgehead atoms. The molecule has 0 saturated heterocycles. The van der Waals surface area contributed by atoms with Gasteiger partial charge in [-0.3, -0.25) is 4.79 Å². The molecule has 28 heavy (non-hydrogen) atoms. The summed E-state index contributed by atoms with van der Waals surface area (Å²) in [5.74, 6) is 2.25. The van der Waals surface area contributed by atoms with Crippen molar-refractivity contribution in [2.45, 2.75) is 31.9 Å². The number of benzene rings is 2. The van der Waals surface area contributed by atoms with Gasteiger partial charge in [0.2, 0.25) is 17.6 Å². The van der Waals surface area contributed by atoms with Gasteiger partial charge in [0.25, 0.3) is 0 Å². The topological polar surface area (TPSA) is 68.0 Å². The summed E-state index contributed by atoms with van der Waals surface area (Å²) in [5.41, 5.74) is 2.92. The molecule has 0 fully saturated rings. The second kappa shape index (κ2) is 9.75. The van der Waals surface area contributed by atoms with E-state index in [0.29, 0.717) is 34.2 Å². The van der Waals surface area contributed by atoms with Crippen LogP contribution < -0.4 is 5.32 Å². The molecular formula is C21H22ClN3O2S. The van der Waals surface area contributed by atoms with Crippen LogP contribution >= 0.6 is 23.4 Å². The molecule has 1 amide bonds. The number of amides is 1. The average Bonchev–Trinajstić information content (AvgIpc) is 3.17.